The van der Waals surface area contributed by atoms with Crippen molar-refractivity contribution in [3.63, 3.8) is 0 Å². The summed E-state index contributed by atoms with van der Waals surface area (Å²) >= 11 is 0. The molecule has 0 bridgehead atoms. The minimum atomic E-state index is -0.406. The molecular weight excluding hydrogens is 204 g/mol. The van der Waals surface area contributed by atoms with Crippen molar-refractivity contribution < 1.29 is 9.53 Å². The lowest BCUT2D eigenvalue weighted by Gasteiger charge is -2.25. The Morgan fingerprint density at radius 3 is 2.56 bits per heavy atom. The second-order valence-electron chi connectivity index (χ2n) is 6.05. The molecule has 1 heterocycles. The monoisotopic (exact) mass is 226 g/mol. The molecule has 0 aromatic heterocycles. The summed E-state index contributed by atoms with van der Waals surface area (Å²) in [7, 11) is 0. The zero-order valence-corrected chi connectivity index (χ0v) is 10.4. The number of carbonyl (C=O) groups excluding carboxylic acids is 1. The molecule has 0 spiro atoms. The molecule has 0 radical (unpaired) electrons. The first-order valence-corrected chi connectivity index (χ1v) is 6.10. The summed E-state index contributed by atoms with van der Waals surface area (Å²) in [4.78, 5) is 13.7. The van der Waals surface area contributed by atoms with Crippen LogP contribution in [0.4, 0.5) is 4.79 Å². The van der Waals surface area contributed by atoms with Crippen LogP contribution in [-0.4, -0.2) is 35.7 Å². The summed E-state index contributed by atoms with van der Waals surface area (Å²) < 4.78 is 5.37. The van der Waals surface area contributed by atoms with Crippen molar-refractivity contribution in [2.24, 2.45) is 17.6 Å². The second-order valence-corrected chi connectivity index (χ2v) is 6.05. The van der Waals surface area contributed by atoms with Gasteiger partial charge in [-0.2, -0.15) is 0 Å². The predicted octanol–water partition coefficient (Wildman–Crippen LogP) is 1.59. The molecule has 2 rings (SSSR count). The van der Waals surface area contributed by atoms with Crippen molar-refractivity contribution in [1.29, 1.82) is 0 Å². The van der Waals surface area contributed by atoms with Gasteiger partial charge in [-0.05, 0) is 45.4 Å². The van der Waals surface area contributed by atoms with E-state index in [1.807, 2.05) is 25.7 Å². The van der Waals surface area contributed by atoms with Gasteiger partial charge in [-0.25, -0.2) is 4.79 Å². The fraction of sp³-hybridized carbons (Fsp3) is 0.917. The molecule has 4 heteroatoms. The molecule has 4 nitrogen and oxygen atoms in total. The minimum absolute atomic E-state index is 0.186. The van der Waals surface area contributed by atoms with Gasteiger partial charge in [-0.1, -0.05) is 0 Å². The van der Waals surface area contributed by atoms with Crippen LogP contribution in [0.25, 0.3) is 0 Å². The molecule has 1 aliphatic heterocycles. The van der Waals surface area contributed by atoms with Crippen molar-refractivity contribution in [3.8, 4) is 0 Å². The van der Waals surface area contributed by atoms with Crippen LogP contribution in [-0.2, 0) is 4.74 Å². The first-order valence-electron chi connectivity index (χ1n) is 6.10. The number of ether oxygens (including phenoxy) is 1. The van der Waals surface area contributed by atoms with E-state index in [0.717, 1.165) is 25.9 Å². The van der Waals surface area contributed by atoms with Crippen LogP contribution < -0.4 is 5.73 Å². The molecule has 16 heavy (non-hydrogen) atoms. The largest absolute Gasteiger partial charge is 0.444 e. The smallest absolute Gasteiger partial charge is 0.410 e. The molecule has 1 amide bonds. The van der Waals surface area contributed by atoms with Crippen LogP contribution in [0.2, 0.25) is 0 Å². The fourth-order valence-electron chi connectivity index (χ4n) is 2.78. The van der Waals surface area contributed by atoms with Gasteiger partial charge in [0.2, 0.25) is 0 Å². The number of likely N-dealkylation sites (tertiary alicyclic amines) is 1. The van der Waals surface area contributed by atoms with E-state index in [1.165, 1.54) is 0 Å². The molecule has 2 aliphatic rings. The van der Waals surface area contributed by atoms with Crippen LogP contribution in [0.5, 0.6) is 0 Å². The lowest BCUT2D eigenvalue weighted by atomic mass is 9.98. The maximum absolute atomic E-state index is 11.9. The number of rotatable bonds is 0. The molecule has 3 atom stereocenters. The van der Waals surface area contributed by atoms with Crippen molar-refractivity contribution >= 4 is 6.09 Å². The molecule has 2 fully saturated rings. The number of carbonyl (C=O) groups is 1. The molecule has 0 unspecified atom stereocenters. The summed E-state index contributed by atoms with van der Waals surface area (Å²) in [6, 6.07) is 0.275. The standard InChI is InChI=1S/C12H22N2O2/c1-12(2,3)16-11(15)14-6-8-4-5-10(13)9(8)7-14/h8-10H,4-7,13H2,1-3H3/t8-,9+,10+/m1/s1. The quantitative estimate of drug-likeness (QED) is 0.682. The number of nitrogens with zero attached hydrogens (tertiary/aromatic N) is 1. The van der Waals surface area contributed by atoms with Crippen LogP contribution in [0, 0.1) is 11.8 Å². The maximum atomic E-state index is 11.9. The Morgan fingerprint density at radius 1 is 1.31 bits per heavy atom. The van der Waals surface area contributed by atoms with Gasteiger partial charge in [0.05, 0.1) is 0 Å². The summed E-state index contributed by atoms with van der Waals surface area (Å²) in [6.45, 7) is 7.29. The van der Waals surface area contributed by atoms with E-state index in [9.17, 15) is 4.79 Å². The number of amides is 1. The third kappa shape index (κ3) is 2.32. The highest BCUT2D eigenvalue weighted by Gasteiger charge is 2.43. The highest BCUT2D eigenvalue weighted by molar-refractivity contribution is 5.68. The summed E-state index contributed by atoms with van der Waals surface area (Å²) in [6.07, 6.45) is 2.08. The van der Waals surface area contributed by atoms with Crippen LogP contribution in [0.1, 0.15) is 33.6 Å². The molecule has 1 saturated carbocycles. The molecule has 2 N–H and O–H groups in total. The van der Waals surface area contributed by atoms with Crippen LogP contribution >= 0.6 is 0 Å². The van der Waals surface area contributed by atoms with Crippen LogP contribution in [0.3, 0.4) is 0 Å². The average molecular weight is 226 g/mol. The summed E-state index contributed by atoms with van der Waals surface area (Å²) in [5.41, 5.74) is 5.62. The molecule has 92 valence electrons. The zero-order chi connectivity index (χ0) is 11.9. The molecule has 1 saturated heterocycles. The van der Waals surface area contributed by atoms with Crippen molar-refractivity contribution in [3.05, 3.63) is 0 Å². The first kappa shape index (κ1) is 11.7. The van der Waals surface area contributed by atoms with E-state index in [1.54, 1.807) is 0 Å². The normalized spacial score (nSPS) is 34.0. The zero-order valence-electron chi connectivity index (χ0n) is 10.4. The average Bonchev–Trinajstić information content (AvgIpc) is 2.65. The first-order chi connectivity index (χ1) is 7.37. The van der Waals surface area contributed by atoms with Gasteiger partial charge >= 0.3 is 6.09 Å². The third-order valence-electron chi connectivity index (χ3n) is 3.56. The minimum Gasteiger partial charge on any atom is -0.444 e. The van der Waals surface area contributed by atoms with Crippen molar-refractivity contribution in [2.75, 3.05) is 13.1 Å². The van der Waals surface area contributed by atoms with Crippen LogP contribution in [0.15, 0.2) is 0 Å². The number of hydrogen-bond acceptors (Lipinski definition) is 3. The van der Waals surface area contributed by atoms with Gasteiger partial charge < -0.3 is 15.4 Å². The van der Waals surface area contributed by atoms with Gasteiger partial charge in [0.1, 0.15) is 5.60 Å². The highest BCUT2D eigenvalue weighted by atomic mass is 16.6. The van der Waals surface area contributed by atoms with E-state index in [0.29, 0.717) is 11.8 Å². The molecule has 1 aliphatic carbocycles. The Labute approximate surface area is 97.1 Å². The molecule has 0 aromatic carbocycles. The van der Waals surface area contributed by atoms with Crippen molar-refractivity contribution in [1.82, 2.24) is 4.90 Å². The number of hydrogen-bond donors (Lipinski definition) is 1. The molecular formula is C12H22N2O2. The van der Waals surface area contributed by atoms with E-state index >= 15 is 0 Å². The van der Waals surface area contributed by atoms with E-state index < -0.39 is 5.60 Å². The van der Waals surface area contributed by atoms with Gasteiger partial charge in [0.25, 0.3) is 0 Å². The Kier molecular flexibility index (Phi) is 2.86. The second kappa shape index (κ2) is 3.91. The Hall–Kier alpha value is -0.770. The van der Waals surface area contributed by atoms with E-state index in [2.05, 4.69) is 0 Å². The fourth-order valence-corrected chi connectivity index (χ4v) is 2.78. The van der Waals surface area contributed by atoms with Gasteiger partial charge in [-0.3, -0.25) is 0 Å². The van der Waals surface area contributed by atoms with Crippen molar-refractivity contribution in [2.45, 2.75) is 45.3 Å². The Morgan fingerprint density at radius 2 is 2.00 bits per heavy atom. The number of nitrogens with two attached hydrogens (primary N) is 1. The molecule has 0 aromatic rings. The van der Waals surface area contributed by atoms with Gasteiger partial charge in [0.15, 0.2) is 0 Å². The third-order valence-corrected chi connectivity index (χ3v) is 3.56. The topological polar surface area (TPSA) is 55.6 Å². The Bertz CT molecular complexity index is 285. The maximum Gasteiger partial charge on any atom is 0.410 e. The van der Waals surface area contributed by atoms with E-state index in [-0.39, 0.29) is 12.1 Å². The van der Waals surface area contributed by atoms with Gasteiger partial charge in [0, 0.05) is 19.1 Å². The summed E-state index contributed by atoms with van der Waals surface area (Å²) in [5.74, 6) is 1.09. The SMILES string of the molecule is CC(C)(C)OC(=O)N1C[C@H]2CC[C@H](N)[C@H]2C1. The van der Waals surface area contributed by atoms with Gasteiger partial charge in [-0.15, -0.1) is 0 Å². The van der Waals surface area contributed by atoms with E-state index in [4.69, 9.17) is 10.5 Å². The predicted molar refractivity (Wildman–Crippen MR) is 62.0 cm³/mol. The Balaban J connectivity index is 1.92. The summed E-state index contributed by atoms with van der Waals surface area (Å²) in [5, 5.41) is 0. The number of fused-ring (bicyclic) bond motifs is 1. The lowest BCUT2D eigenvalue weighted by molar-refractivity contribution is 0.0279. The highest BCUT2D eigenvalue weighted by Crippen LogP contribution is 2.37. The lowest BCUT2D eigenvalue weighted by Crippen LogP contribution is -2.37.